The first-order chi connectivity index (χ1) is 6.18. The maximum absolute atomic E-state index is 11.3. The summed E-state index contributed by atoms with van der Waals surface area (Å²) in [5.41, 5.74) is 1.95. The van der Waals surface area contributed by atoms with Crippen molar-refractivity contribution in [2.75, 3.05) is 0 Å². The molecule has 0 saturated carbocycles. The second-order valence-corrected chi connectivity index (χ2v) is 3.15. The number of pyridine rings is 2. The lowest BCUT2D eigenvalue weighted by Gasteiger charge is -2.02. The monoisotopic (exact) mass is 174 g/mol. The van der Waals surface area contributed by atoms with Crippen LogP contribution in [0.4, 0.5) is 0 Å². The van der Waals surface area contributed by atoms with Crippen molar-refractivity contribution in [1.29, 1.82) is 0 Å². The Labute approximate surface area is 75.7 Å². The summed E-state index contributed by atoms with van der Waals surface area (Å²) in [5, 5.41) is 0.936. The lowest BCUT2D eigenvalue weighted by molar-refractivity contribution is 0.867. The van der Waals surface area contributed by atoms with Crippen molar-refractivity contribution in [3.8, 4) is 0 Å². The summed E-state index contributed by atoms with van der Waals surface area (Å²) < 4.78 is 1.54. The van der Waals surface area contributed by atoms with Crippen LogP contribution in [0.15, 0.2) is 29.3 Å². The fourth-order valence-electron chi connectivity index (χ4n) is 1.35. The highest BCUT2D eigenvalue weighted by Crippen LogP contribution is 2.11. The van der Waals surface area contributed by atoms with E-state index in [1.54, 1.807) is 25.5 Å². The lowest BCUT2D eigenvalue weighted by atomic mass is 10.2. The third kappa shape index (κ3) is 1.22. The Morgan fingerprint density at radius 3 is 3.00 bits per heavy atom. The molecular formula is C10H10N2O. The van der Waals surface area contributed by atoms with Gasteiger partial charge in [0.15, 0.2) is 0 Å². The number of aromatic nitrogens is 2. The van der Waals surface area contributed by atoms with E-state index in [1.807, 2.05) is 13.0 Å². The summed E-state index contributed by atoms with van der Waals surface area (Å²) in [6, 6.07) is 3.53. The SMILES string of the molecule is Cc1ccnc2cn(C)c(=O)cc12. The van der Waals surface area contributed by atoms with Crippen molar-refractivity contribution in [2.45, 2.75) is 6.92 Å². The molecule has 0 radical (unpaired) electrons. The van der Waals surface area contributed by atoms with E-state index in [2.05, 4.69) is 4.98 Å². The van der Waals surface area contributed by atoms with E-state index in [9.17, 15) is 4.79 Å². The third-order valence-electron chi connectivity index (χ3n) is 2.17. The molecule has 0 fully saturated rings. The van der Waals surface area contributed by atoms with Gasteiger partial charge in [-0.3, -0.25) is 9.78 Å². The summed E-state index contributed by atoms with van der Waals surface area (Å²) in [5.74, 6) is 0. The largest absolute Gasteiger partial charge is 0.316 e. The fourth-order valence-corrected chi connectivity index (χ4v) is 1.35. The zero-order valence-corrected chi connectivity index (χ0v) is 7.61. The van der Waals surface area contributed by atoms with E-state index in [0.717, 1.165) is 16.5 Å². The van der Waals surface area contributed by atoms with E-state index in [-0.39, 0.29) is 5.56 Å². The molecule has 2 aromatic rings. The number of nitrogens with zero attached hydrogens (tertiary/aromatic N) is 2. The van der Waals surface area contributed by atoms with Gasteiger partial charge < -0.3 is 4.57 Å². The minimum Gasteiger partial charge on any atom is -0.316 e. The van der Waals surface area contributed by atoms with Gasteiger partial charge in [0.2, 0.25) is 0 Å². The molecule has 0 aromatic carbocycles. The van der Waals surface area contributed by atoms with Gasteiger partial charge in [0.25, 0.3) is 5.56 Å². The van der Waals surface area contributed by atoms with Gasteiger partial charge in [-0.05, 0) is 18.6 Å². The van der Waals surface area contributed by atoms with Crippen molar-refractivity contribution >= 4 is 10.9 Å². The first-order valence-electron chi connectivity index (χ1n) is 4.10. The molecule has 0 amide bonds. The molecule has 0 unspecified atom stereocenters. The molecule has 0 aliphatic heterocycles. The summed E-state index contributed by atoms with van der Waals surface area (Å²) in [6.07, 6.45) is 3.51. The number of hydrogen-bond donors (Lipinski definition) is 0. The van der Waals surface area contributed by atoms with Crippen molar-refractivity contribution in [1.82, 2.24) is 9.55 Å². The van der Waals surface area contributed by atoms with Crippen LogP contribution in [-0.2, 0) is 7.05 Å². The maximum Gasteiger partial charge on any atom is 0.251 e. The highest BCUT2D eigenvalue weighted by Gasteiger charge is 1.99. The number of aryl methyl sites for hydroxylation is 2. The van der Waals surface area contributed by atoms with Crippen LogP contribution >= 0.6 is 0 Å². The van der Waals surface area contributed by atoms with Crippen LogP contribution in [0, 0.1) is 6.92 Å². The van der Waals surface area contributed by atoms with Gasteiger partial charge >= 0.3 is 0 Å². The van der Waals surface area contributed by atoms with Crippen molar-refractivity contribution < 1.29 is 0 Å². The Hall–Kier alpha value is -1.64. The molecule has 2 heterocycles. The minimum absolute atomic E-state index is 0.00333. The Balaban J connectivity index is 2.97. The van der Waals surface area contributed by atoms with E-state index in [1.165, 1.54) is 4.57 Å². The Morgan fingerprint density at radius 2 is 2.23 bits per heavy atom. The van der Waals surface area contributed by atoms with E-state index in [0.29, 0.717) is 0 Å². The fraction of sp³-hybridized carbons (Fsp3) is 0.200. The van der Waals surface area contributed by atoms with Gasteiger partial charge in [-0.2, -0.15) is 0 Å². The molecule has 0 bridgehead atoms. The zero-order chi connectivity index (χ0) is 9.42. The van der Waals surface area contributed by atoms with Crippen molar-refractivity contribution in [3.63, 3.8) is 0 Å². The topological polar surface area (TPSA) is 34.9 Å². The van der Waals surface area contributed by atoms with Gasteiger partial charge in [0.05, 0.1) is 5.52 Å². The van der Waals surface area contributed by atoms with Crippen LogP contribution in [0.25, 0.3) is 10.9 Å². The molecule has 0 atom stereocenters. The minimum atomic E-state index is 0.00333. The van der Waals surface area contributed by atoms with Gasteiger partial charge in [-0.15, -0.1) is 0 Å². The number of hydrogen-bond acceptors (Lipinski definition) is 2. The molecule has 0 aliphatic carbocycles. The smallest absolute Gasteiger partial charge is 0.251 e. The zero-order valence-electron chi connectivity index (χ0n) is 7.61. The Morgan fingerprint density at radius 1 is 1.46 bits per heavy atom. The van der Waals surface area contributed by atoms with Gasteiger partial charge in [0, 0.05) is 30.9 Å². The van der Waals surface area contributed by atoms with Crippen LogP contribution in [0.1, 0.15) is 5.56 Å². The Bertz CT molecular complexity index is 514. The number of rotatable bonds is 0. The molecule has 0 N–H and O–H groups in total. The molecule has 3 heteroatoms. The van der Waals surface area contributed by atoms with Gasteiger partial charge in [0.1, 0.15) is 0 Å². The lowest BCUT2D eigenvalue weighted by Crippen LogP contribution is -2.14. The first kappa shape index (κ1) is 7.98. The second kappa shape index (κ2) is 2.69. The van der Waals surface area contributed by atoms with E-state index >= 15 is 0 Å². The summed E-state index contributed by atoms with van der Waals surface area (Å²) in [7, 11) is 1.73. The number of fused-ring (bicyclic) bond motifs is 1. The van der Waals surface area contributed by atoms with Crippen molar-refractivity contribution in [3.05, 3.63) is 40.4 Å². The highest BCUT2D eigenvalue weighted by atomic mass is 16.1. The van der Waals surface area contributed by atoms with Gasteiger partial charge in [-0.1, -0.05) is 0 Å². The van der Waals surface area contributed by atoms with Crippen molar-refractivity contribution in [2.24, 2.45) is 7.05 Å². The van der Waals surface area contributed by atoms with Crippen LogP contribution in [-0.4, -0.2) is 9.55 Å². The Kier molecular flexibility index (Phi) is 1.65. The molecule has 13 heavy (non-hydrogen) atoms. The molecule has 0 spiro atoms. The van der Waals surface area contributed by atoms with E-state index in [4.69, 9.17) is 0 Å². The molecule has 0 saturated heterocycles. The quantitative estimate of drug-likeness (QED) is 0.602. The average Bonchev–Trinajstić information content (AvgIpc) is 2.09. The maximum atomic E-state index is 11.3. The summed E-state index contributed by atoms with van der Waals surface area (Å²) in [6.45, 7) is 1.98. The first-order valence-corrected chi connectivity index (χ1v) is 4.10. The van der Waals surface area contributed by atoms with Crippen LogP contribution in [0.2, 0.25) is 0 Å². The molecule has 2 rings (SSSR count). The van der Waals surface area contributed by atoms with Gasteiger partial charge in [-0.25, -0.2) is 0 Å². The third-order valence-corrected chi connectivity index (χ3v) is 2.17. The highest BCUT2D eigenvalue weighted by molar-refractivity contribution is 5.80. The molecule has 3 nitrogen and oxygen atoms in total. The summed E-state index contributed by atoms with van der Waals surface area (Å²) in [4.78, 5) is 15.5. The predicted octanol–water partition coefficient (Wildman–Crippen LogP) is 1.24. The van der Waals surface area contributed by atoms with Crippen LogP contribution in [0.3, 0.4) is 0 Å². The molecule has 0 aliphatic rings. The normalized spacial score (nSPS) is 10.6. The van der Waals surface area contributed by atoms with E-state index < -0.39 is 0 Å². The van der Waals surface area contributed by atoms with Crippen LogP contribution < -0.4 is 5.56 Å². The molecule has 66 valence electrons. The molecule has 2 aromatic heterocycles. The second-order valence-electron chi connectivity index (χ2n) is 3.15. The standard InChI is InChI=1S/C10H10N2O/c1-7-3-4-11-9-6-12(2)10(13)5-8(7)9/h3-6H,1-2H3. The predicted molar refractivity (Wildman–Crippen MR) is 51.7 cm³/mol. The van der Waals surface area contributed by atoms with Crippen LogP contribution in [0.5, 0.6) is 0 Å². The molecular weight excluding hydrogens is 164 g/mol. The summed E-state index contributed by atoms with van der Waals surface area (Å²) >= 11 is 0. The average molecular weight is 174 g/mol.